The maximum atomic E-state index is 13.1. The lowest BCUT2D eigenvalue weighted by Crippen LogP contribution is -2.50. The number of hydrogen-bond donors (Lipinski definition) is 0. The number of halogens is 4. The Kier molecular flexibility index (Phi) is 5.12. The van der Waals surface area contributed by atoms with Gasteiger partial charge in [-0.2, -0.15) is 18.2 Å². The average molecular weight is 367 g/mol. The van der Waals surface area contributed by atoms with Crippen molar-refractivity contribution in [2.45, 2.75) is 32.5 Å². The predicted molar refractivity (Wildman–Crippen MR) is 82.1 cm³/mol. The highest BCUT2D eigenvalue weighted by Gasteiger charge is 2.38. The number of aromatic nitrogens is 2. The van der Waals surface area contributed by atoms with Crippen molar-refractivity contribution < 1.29 is 22.7 Å². The summed E-state index contributed by atoms with van der Waals surface area (Å²) < 4.78 is 44.5. The number of nitrogens with zero attached hydrogens (tertiary/aromatic N) is 4. The van der Waals surface area contributed by atoms with Gasteiger partial charge in [-0.05, 0) is 32.4 Å². The molecular formula is C14H18ClF3N4O2. The van der Waals surface area contributed by atoms with Crippen LogP contribution < -0.4 is 4.90 Å². The minimum absolute atomic E-state index is 0.190. The lowest BCUT2D eigenvalue weighted by atomic mass is 10.2. The van der Waals surface area contributed by atoms with Gasteiger partial charge < -0.3 is 14.5 Å². The molecule has 24 heavy (non-hydrogen) atoms. The Labute approximate surface area is 142 Å². The average Bonchev–Trinajstić information content (AvgIpc) is 2.44. The van der Waals surface area contributed by atoms with E-state index in [9.17, 15) is 18.0 Å². The van der Waals surface area contributed by atoms with E-state index in [1.165, 1.54) is 9.80 Å². The van der Waals surface area contributed by atoms with Crippen LogP contribution in [-0.2, 0) is 10.9 Å². The number of hydrogen-bond acceptors (Lipinski definition) is 5. The summed E-state index contributed by atoms with van der Waals surface area (Å²) in [5, 5.41) is -0.257. The third kappa shape index (κ3) is 4.62. The minimum Gasteiger partial charge on any atom is -0.444 e. The van der Waals surface area contributed by atoms with Crippen LogP contribution in [0, 0.1) is 0 Å². The molecule has 10 heteroatoms. The first-order chi connectivity index (χ1) is 11.0. The highest BCUT2D eigenvalue weighted by molar-refractivity contribution is 6.28. The molecule has 0 radical (unpaired) electrons. The van der Waals surface area contributed by atoms with E-state index in [1.54, 1.807) is 20.8 Å². The van der Waals surface area contributed by atoms with Crippen LogP contribution in [0.3, 0.4) is 0 Å². The van der Waals surface area contributed by atoms with Crippen LogP contribution >= 0.6 is 11.6 Å². The number of alkyl halides is 3. The molecule has 1 aliphatic heterocycles. The van der Waals surface area contributed by atoms with Crippen molar-refractivity contribution in [2.24, 2.45) is 0 Å². The molecule has 0 aliphatic carbocycles. The lowest BCUT2D eigenvalue weighted by Gasteiger charge is -2.36. The zero-order chi connectivity index (χ0) is 18.1. The third-order valence-corrected chi connectivity index (χ3v) is 3.46. The minimum atomic E-state index is -4.58. The van der Waals surface area contributed by atoms with E-state index in [2.05, 4.69) is 9.97 Å². The van der Waals surface area contributed by atoms with Gasteiger partial charge in [0.1, 0.15) is 17.0 Å². The molecule has 2 rings (SSSR count). The number of carbonyl (C=O) groups excluding carboxylic acids is 1. The van der Waals surface area contributed by atoms with Gasteiger partial charge in [0.05, 0.1) is 0 Å². The van der Waals surface area contributed by atoms with Crippen molar-refractivity contribution in [3.63, 3.8) is 0 Å². The second-order valence-electron chi connectivity index (χ2n) is 6.33. The predicted octanol–water partition coefficient (Wildman–Crippen LogP) is 3.21. The number of piperazine rings is 1. The van der Waals surface area contributed by atoms with E-state index in [4.69, 9.17) is 16.3 Å². The summed E-state index contributed by atoms with van der Waals surface area (Å²) in [6, 6.07) is 0. The lowest BCUT2D eigenvalue weighted by molar-refractivity contribution is -0.137. The number of carbonyl (C=O) groups is 1. The van der Waals surface area contributed by atoms with Gasteiger partial charge in [0.15, 0.2) is 0 Å². The van der Waals surface area contributed by atoms with Crippen molar-refractivity contribution in [1.29, 1.82) is 0 Å². The molecule has 0 atom stereocenters. The molecule has 1 fully saturated rings. The molecule has 0 N–H and O–H groups in total. The van der Waals surface area contributed by atoms with Crippen LogP contribution in [0.1, 0.15) is 26.3 Å². The second kappa shape index (κ2) is 6.62. The largest absolute Gasteiger partial charge is 0.444 e. The number of rotatable bonds is 1. The number of anilines is 1. The maximum Gasteiger partial charge on any atom is 0.421 e. The first-order valence-electron chi connectivity index (χ1n) is 7.30. The van der Waals surface area contributed by atoms with Crippen LogP contribution in [0.25, 0.3) is 0 Å². The zero-order valence-electron chi connectivity index (χ0n) is 13.5. The molecule has 1 aromatic heterocycles. The van der Waals surface area contributed by atoms with E-state index >= 15 is 0 Å². The van der Waals surface area contributed by atoms with Crippen molar-refractivity contribution in [2.75, 3.05) is 31.1 Å². The van der Waals surface area contributed by atoms with E-state index in [1.807, 2.05) is 0 Å². The van der Waals surface area contributed by atoms with E-state index in [0.717, 1.165) is 0 Å². The summed E-state index contributed by atoms with van der Waals surface area (Å²) in [5.74, 6) is -0.272. The van der Waals surface area contributed by atoms with Gasteiger partial charge >= 0.3 is 12.3 Å². The van der Waals surface area contributed by atoms with Crippen LogP contribution in [-0.4, -0.2) is 52.7 Å². The Morgan fingerprint density at radius 1 is 1.21 bits per heavy atom. The normalized spacial score (nSPS) is 16.3. The van der Waals surface area contributed by atoms with E-state index in [0.29, 0.717) is 6.20 Å². The van der Waals surface area contributed by atoms with Gasteiger partial charge in [0.25, 0.3) is 0 Å². The van der Waals surface area contributed by atoms with Crippen molar-refractivity contribution in [3.8, 4) is 0 Å². The Balaban J connectivity index is 2.10. The van der Waals surface area contributed by atoms with Crippen LogP contribution in [0.5, 0.6) is 0 Å². The zero-order valence-corrected chi connectivity index (χ0v) is 14.3. The monoisotopic (exact) mass is 366 g/mol. The summed E-state index contributed by atoms with van der Waals surface area (Å²) >= 11 is 5.64. The topological polar surface area (TPSA) is 58.6 Å². The molecule has 1 aliphatic rings. The number of amides is 1. The Bertz CT molecular complexity index is 611. The van der Waals surface area contributed by atoms with Gasteiger partial charge in [0, 0.05) is 32.4 Å². The molecule has 0 spiro atoms. The Morgan fingerprint density at radius 3 is 2.29 bits per heavy atom. The van der Waals surface area contributed by atoms with Crippen molar-refractivity contribution >= 4 is 23.5 Å². The molecule has 0 saturated carbocycles. The summed E-state index contributed by atoms with van der Waals surface area (Å²) in [5.41, 5.74) is -1.57. The van der Waals surface area contributed by atoms with Crippen molar-refractivity contribution in [1.82, 2.24) is 14.9 Å². The number of ether oxygens (including phenoxy) is 1. The van der Waals surface area contributed by atoms with E-state index in [-0.39, 0.29) is 37.3 Å². The Hall–Kier alpha value is -1.77. The summed E-state index contributed by atoms with van der Waals surface area (Å²) in [4.78, 5) is 22.0. The molecule has 1 aromatic rings. The molecule has 1 amide bonds. The SMILES string of the molecule is CC(C)(C)OC(=O)N1CCN(c2nc(Cl)ncc2C(F)(F)F)CC1. The van der Waals surface area contributed by atoms with Crippen LogP contribution in [0.15, 0.2) is 6.20 Å². The van der Waals surface area contributed by atoms with Gasteiger partial charge in [-0.15, -0.1) is 0 Å². The molecule has 134 valence electrons. The molecule has 0 bridgehead atoms. The van der Waals surface area contributed by atoms with Crippen LogP contribution in [0.4, 0.5) is 23.8 Å². The quantitative estimate of drug-likeness (QED) is 0.714. The first kappa shape index (κ1) is 18.6. The van der Waals surface area contributed by atoms with Crippen LogP contribution in [0.2, 0.25) is 5.28 Å². The molecule has 2 heterocycles. The molecular weight excluding hydrogens is 349 g/mol. The van der Waals surface area contributed by atoms with Gasteiger partial charge in [-0.3, -0.25) is 0 Å². The smallest absolute Gasteiger partial charge is 0.421 e. The van der Waals surface area contributed by atoms with Crippen molar-refractivity contribution in [3.05, 3.63) is 17.0 Å². The standard InChI is InChI=1S/C14H18ClF3N4O2/c1-13(2,3)24-12(23)22-6-4-21(5-7-22)10-9(14(16,17)18)8-19-11(15)20-10/h8H,4-7H2,1-3H3. The highest BCUT2D eigenvalue weighted by atomic mass is 35.5. The molecule has 6 nitrogen and oxygen atoms in total. The van der Waals surface area contributed by atoms with Gasteiger partial charge in [0.2, 0.25) is 5.28 Å². The fraction of sp³-hybridized carbons (Fsp3) is 0.643. The molecule has 0 unspecified atom stereocenters. The summed E-state index contributed by atoms with van der Waals surface area (Å²) in [7, 11) is 0. The molecule has 1 saturated heterocycles. The Morgan fingerprint density at radius 2 is 1.79 bits per heavy atom. The maximum absolute atomic E-state index is 13.1. The van der Waals surface area contributed by atoms with E-state index < -0.39 is 23.4 Å². The fourth-order valence-electron chi connectivity index (χ4n) is 2.22. The first-order valence-corrected chi connectivity index (χ1v) is 7.68. The highest BCUT2D eigenvalue weighted by Crippen LogP contribution is 2.35. The van der Waals surface area contributed by atoms with Gasteiger partial charge in [-0.25, -0.2) is 9.78 Å². The molecule has 0 aromatic carbocycles. The summed E-state index contributed by atoms with van der Waals surface area (Å²) in [6.07, 6.45) is -4.40. The second-order valence-corrected chi connectivity index (χ2v) is 6.67. The fourth-order valence-corrected chi connectivity index (χ4v) is 2.35. The third-order valence-electron chi connectivity index (χ3n) is 3.28. The summed E-state index contributed by atoms with van der Waals surface area (Å²) in [6.45, 7) is 6.09. The van der Waals surface area contributed by atoms with Gasteiger partial charge in [-0.1, -0.05) is 0 Å².